The summed E-state index contributed by atoms with van der Waals surface area (Å²) < 4.78 is 5.34. The molecule has 1 aliphatic carbocycles. The van der Waals surface area contributed by atoms with Gasteiger partial charge in [0.25, 0.3) is 0 Å². The van der Waals surface area contributed by atoms with E-state index in [-0.39, 0.29) is 29.2 Å². The number of amides is 2. The van der Waals surface area contributed by atoms with Gasteiger partial charge in [-0.1, -0.05) is 36.6 Å². The molecule has 2 aromatic carbocycles. The Bertz CT molecular complexity index is 885. The van der Waals surface area contributed by atoms with E-state index in [0.29, 0.717) is 16.5 Å². The fourth-order valence-corrected chi connectivity index (χ4v) is 4.08. The molecule has 6 heteroatoms. The lowest BCUT2D eigenvalue weighted by Crippen LogP contribution is -2.30. The van der Waals surface area contributed by atoms with Gasteiger partial charge in [-0.3, -0.25) is 14.5 Å². The number of rotatable bonds is 3. The van der Waals surface area contributed by atoms with E-state index in [0.717, 1.165) is 25.7 Å². The minimum atomic E-state index is -0.562. The maximum Gasteiger partial charge on any atom is 0.345 e. The molecule has 27 heavy (non-hydrogen) atoms. The number of imide groups is 1. The van der Waals surface area contributed by atoms with Crippen LogP contribution in [0.1, 0.15) is 36.0 Å². The van der Waals surface area contributed by atoms with Crippen LogP contribution in [0, 0.1) is 11.8 Å². The molecule has 2 atom stereocenters. The average molecular weight is 384 g/mol. The van der Waals surface area contributed by atoms with Crippen molar-refractivity contribution in [1.29, 1.82) is 0 Å². The SMILES string of the molecule is O=C(Oc1ccc(N2C(=O)[C@H]3CCCC[C@@H]3C2=O)cc1)c1ccccc1Cl. The molecule has 138 valence electrons. The molecule has 0 bridgehead atoms. The van der Waals surface area contributed by atoms with Crippen LogP contribution in [-0.4, -0.2) is 17.8 Å². The molecule has 0 radical (unpaired) electrons. The molecule has 2 amide bonds. The van der Waals surface area contributed by atoms with E-state index in [1.807, 2.05) is 0 Å². The Kier molecular flexibility index (Phi) is 4.70. The van der Waals surface area contributed by atoms with E-state index >= 15 is 0 Å². The number of anilines is 1. The fraction of sp³-hybridized carbons (Fsp3) is 0.286. The van der Waals surface area contributed by atoms with Crippen molar-refractivity contribution < 1.29 is 19.1 Å². The smallest absolute Gasteiger partial charge is 0.345 e. The molecular formula is C21H18ClNO4. The third kappa shape index (κ3) is 3.23. The number of nitrogens with zero attached hydrogens (tertiary/aromatic N) is 1. The van der Waals surface area contributed by atoms with Crippen molar-refractivity contribution in [2.45, 2.75) is 25.7 Å². The largest absolute Gasteiger partial charge is 0.423 e. The standard InChI is InChI=1S/C21H18ClNO4/c22-18-8-4-3-7-17(18)21(26)27-14-11-9-13(10-12-14)23-19(24)15-5-1-2-6-16(15)20(23)25/h3-4,7-12,15-16H,1-2,5-6H2/t15-,16-/m0/s1. The number of fused-ring (bicyclic) bond motifs is 1. The van der Waals surface area contributed by atoms with Gasteiger partial charge in [0.2, 0.25) is 11.8 Å². The van der Waals surface area contributed by atoms with Crippen LogP contribution in [0.2, 0.25) is 5.02 Å². The van der Waals surface area contributed by atoms with Crippen LogP contribution >= 0.6 is 11.6 Å². The van der Waals surface area contributed by atoms with Gasteiger partial charge in [0.05, 0.1) is 28.1 Å². The summed E-state index contributed by atoms with van der Waals surface area (Å²) in [5, 5.41) is 0.315. The monoisotopic (exact) mass is 383 g/mol. The van der Waals surface area contributed by atoms with Crippen LogP contribution < -0.4 is 9.64 Å². The van der Waals surface area contributed by atoms with Crippen molar-refractivity contribution in [3.8, 4) is 5.75 Å². The summed E-state index contributed by atoms with van der Waals surface area (Å²) in [6.07, 6.45) is 3.54. The lowest BCUT2D eigenvalue weighted by atomic mass is 9.81. The highest BCUT2D eigenvalue weighted by Gasteiger charge is 2.48. The molecule has 0 spiro atoms. The molecule has 1 saturated carbocycles. The molecule has 5 nitrogen and oxygen atoms in total. The second kappa shape index (κ2) is 7.16. The topological polar surface area (TPSA) is 63.7 Å². The number of ether oxygens (including phenoxy) is 1. The molecule has 4 rings (SSSR count). The highest BCUT2D eigenvalue weighted by atomic mass is 35.5. The van der Waals surface area contributed by atoms with Crippen LogP contribution in [-0.2, 0) is 9.59 Å². The summed E-state index contributed by atoms with van der Waals surface area (Å²) >= 11 is 6.01. The Morgan fingerprint density at radius 3 is 2.11 bits per heavy atom. The zero-order valence-corrected chi connectivity index (χ0v) is 15.3. The number of carbonyl (C=O) groups excluding carboxylic acids is 3. The maximum absolute atomic E-state index is 12.6. The second-order valence-corrected chi connectivity index (χ2v) is 7.28. The third-order valence-electron chi connectivity index (χ3n) is 5.24. The zero-order valence-electron chi connectivity index (χ0n) is 14.6. The van der Waals surface area contributed by atoms with Gasteiger partial charge in [-0.2, -0.15) is 0 Å². The predicted octanol–water partition coefficient (Wildman–Crippen LogP) is 4.24. The minimum absolute atomic E-state index is 0.120. The lowest BCUT2D eigenvalue weighted by molar-refractivity contribution is -0.122. The molecular weight excluding hydrogens is 366 g/mol. The van der Waals surface area contributed by atoms with Gasteiger partial charge in [-0.15, -0.1) is 0 Å². The van der Waals surface area contributed by atoms with Gasteiger partial charge >= 0.3 is 5.97 Å². The first-order chi connectivity index (χ1) is 13.1. The number of esters is 1. The minimum Gasteiger partial charge on any atom is -0.423 e. The molecule has 0 aromatic heterocycles. The van der Waals surface area contributed by atoms with E-state index in [2.05, 4.69) is 0 Å². The van der Waals surface area contributed by atoms with Crippen LogP contribution in [0.25, 0.3) is 0 Å². The maximum atomic E-state index is 12.6. The van der Waals surface area contributed by atoms with Gasteiger partial charge < -0.3 is 4.74 Å². The normalized spacial score (nSPS) is 21.9. The summed E-state index contributed by atoms with van der Waals surface area (Å²) in [5.74, 6) is -0.864. The second-order valence-electron chi connectivity index (χ2n) is 6.87. The van der Waals surface area contributed by atoms with Gasteiger partial charge in [-0.05, 0) is 49.2 Å². The van der Waals surface area contributed by atoms with Crippen molar-refractivity contribution >= 4 is 35.1 Å². The Morgan fingerprint density at radius 2 is 1.52 bits per heavy atom. The van der Waals surface area contributed by atoms with E-state index < -0.39 is 5.97 Å². The summed E-state index contributed by atoms with van der Waals surface area (Å²) in [4.78, 5) is 38.8. The van der Waals surface area contributed by atoms with Gasteiger partial charge in [-0.25, -0.2) is 4.79 Å². The number of benzene rings is 2. The van der Waals surface area contributed by atoms with Crippen molar-refractivity contribution in [2.75, 3.05) is 4.90 Å². The van der Waals surface area contributed by atoms with E-state index in [1.54, 1.807) is 48.5 Å². The predicted molar refractivity (Wildman–Crippen MR) is 101 cm³/mol. The number of hydrogen-bond acceptors (Lipinski definition) is 4. The average Bonchev–Trinajstić information content (AvgIpc) is 2.94. The Morgan fingerprint density at radius 1 is 0.926 bits per heavy atom. The molecule has 1 heterocycles. The Balaban J connectivity index is 1.51. The highest BCUT2D eigenvalue weighted by molar-refractivity contribution is 6.33. The van der Waals surface area contributed by atoms with Gasteiger partial charge in [0, 0.05) is 0 Å². The van der Waals surface area contributed by atoms with Crippen molar-refractivity contribution in [3.05, 3.63) is 59.1 Å². The van der Waals surface area contributed by atoms with Crippen LogP contribution in [0.15, 0.2) is 48.5 Å². The van der Waals surface area contributed by atoms with Crippen molar-refractivity contribution in [1.82, 2.24) is 0 Å². The number of hydrogen-bond donors (Lipinski definition) is 0. The molecule has 0 N–H and O–H groups in total. The Labute approximate surface area is 161 Å². The summed E-state index contributed by atoms with van der Waals surface area (Å²) in [6, 6.07) is 13.0. The molecule has 2 aliphatic rings. The molecule has 1 aliphatic heterocycles. The third-order valence-corrected chi connectivity index (χ3v) is 5.57. The summed E-state index contributed by atoms with van der Waals surface area (Å²) in [5.41, 5.74) is 0.786. The molecule has 1 saturated heterocycles. The van der Waals surface area contributed by atoms with Gasteiger partial charge in [0.15, 0.2) is 0 Å². The van der Waals surface area contributed by atoms with Gasteiger partial charge in [0.1, 0.15) is 5.75 Å². The van der Waals surface area contributed by atoms with Crippen LogP contribution in [0.4, 0.5) is 5.69 Å². The van der Waals surface area contributed by atoms with Crippen molar-refractivity contribution in [3.63, 3.8) is 0 Å². The summed E-state index contributed by atoms with van der Waals surface area (Å²) in [7, 11) is 0. The molecule has 2 fully saturated rings. The number of carbonyl (C=O) groups is 3. The first-order valence-corrected chi connectivity index (χ1v) is 9.38. The molecule has 0 unspecified atom stereocenters. The van der Waals surface area contributed by atoms with E-state index in [9.17, 15) is 14.4 Å². The zero-order chi connectivity index (χ0) is 19.0. The molecule has 2 aromatic rings. The first kappa shape index (κ1) is 17.7. The quantitative estimate of drug-likeness (QED) is 0.452. The summed E-state index contributed by atoms with van der Waals surface area (Å²) in [6.45, 7) is 0. The lowest BCUT2D eigenvalue weighted by Gasteiger charge is -2.19. The Hall–Kier alpha value is -2.66. The first-order valence-electron chi connectivity index (χ1n) is 9.01. The fourth-order valence-electron chi connectivity index (χ4n) is 3.87. The van der Waals surface area contributed by atoms with E-state index in [1.165, 1.54) is 4.90 Å². The van der Waals surface area contributed by atoms with Crippen LogP contribution in [0.5, 0.6) is 5.75 Å². The van der Waals surface area contributed by atoms with E-state index in [4.69, 9.17) is 16.3 Å². The van der Waals surface area contributed by atoms with Crippen LogP contribution in [0.3, 0.4) is 0 Å². The number of halogens is 1. The highest BCUT2D eigenvalue weighted by Crippen LogP contribution is 2.40. The van der Waals surface area contributed by atoms with Crippen molar-refractivity contribution in [2.24, 2.45) is 11.8 Å².